The van der Waals surface area contributed by atoms with Crippen molar-refractivity contribution in [3.63, 3.8) is 0 Å². The molecule has 0 atom stereocenters. The smallest absolute Gasteiger partial charge is 0.170 e. The molecule has 0 spiro atoms. The van der Waals surface area contributed by atoms with Crippen LogP contribution >= 0.6 is 48.9 Å². The summed E-state index contributed by atoms with van der Waals surface area (Å²) < 4.78 is 27.8. The Bertz CT molecular complexity index is 2590. The van der Waals surface area contributed by atoms with Crippen molar-refractivity contribution < 1.29 is 13.9 Å². The number of ether oxygens (including phenoxy) is 2. The maximum absolute atomic E-state index is 13.8. The van der Waals surface area contributed by atoms with E-state index in [9.17, 15) is 4.39 Å². The number of thiocarbonyl (C=S) groups is 4. The highest BCUT2D eigenvalue weighted by Gasteiger charge is 2.11. The lowest BCUT2D eigenvalue weighted by molar-refractivity contribution is 0.304. The van der Waals surface area contributed by atoms with E-state index in [2.05, 4.69) is 85.9 Å². The van der Waals surface area contributed by atoms with Gasteiger partial charge >= 0.3 is 0 Å². The van der Waals surface area contributed by atoms with Gasteiger partial charge < -0.3 is 57.4 Å². The molecular formula is C53H68FN9O2S4. The van der Waals surface area contributed by atoms with Crippen molar-refractivity contribution in [1.29, 1.82) is 0 Å². The number of unbranched alkanes of at least 4 members (excludes halogenated alkanes) is 10. The SMILES string of the molecule is CCn1c2ccccc2c2cc(NC(=S)NCCCCCCCCOc3cccc(NC(N)=S)c3)ccc21.Cc1ccc(NC(=S)NCCCCCCCCOc2cccc(NC(N)=S)c2)c(F)c1. The van der Waals surface area contributed by atoms with E-state index in [0.29, 0.717) is 29.1 Å². The number of aromatic nitrogens is 1. The molecule has 1 heterocycles. The van der Waals surface area contributed by atoms with Crippen molar-refractivity contribution in [2.75, 3.05) is 47.6 Å². The van der Waals surface area contributed by atoms with Crippen molar-refractivity contribution in [1.82, 2.24) is 15.2 Å². The van der Waals surface area contributed by atoms with Crippen LogP contribution < -0.4 is 52.8 Å². The first kappa shape index (κ1) is 54.1. The Morgan fingerprint density at radius 3 is 1.58 bits per heavy atom. The summed E-state index contributed by atoms with van der Waals surface area (Å²) in [5.74, 6) is 1.34. The van der Waals surface area contributed by atoms with Crippen molar-refractivity contribution >= 4 is 114 Å². The summed E-state index contributed by atoms with van der Waals surface area (Å²) >= 11 is 20.5. The second-order valence-electron chi connectivity index (χ2n) is 16.7. The zero-order chi connectivity index (χ0) is 49.2. The minimum Gasteiger partial charge on any atom is -0.494 e. The number of hydrogen-bond donors (Lipinski definition) is 8. The van der Waals surface area contributed by atoms with Gasteiger partial charge in [0.15, 0.2) is 20.4 Å². The molecule has 0 unspecified atom stereocenters. The molecule has 10 N–H and O–H groups in total. The van der Waals surface area contributed by atoms with Crippen molar-refractivity contribution in [2.24, 2.45) is 11.5 Å². The van der Waals surface area contributed by atoms with E-state index in [-0.39, 0.29) is 16.0 Å². The zero-order valence-electron chi connectivity index (χ0n) is 39.8. The fourth-order valence-corrected chi connectivity index (χ4v) is 8.47. The number of aryl methyl sites for hydroxylation is 2. The summed E-state index contributed by atoms with van der Waals surface area (Å²) in [5, 5.41) is 22.7. The van der Waals surface area contributed by atoms with E-state index >= 15 is 0 Å². The van der Waals surface area contributed by atoms with Crippen molar-refractivity contribution in [3.8, 4) is 11.5 Å². The predicted molar refractivity (Wildman–Crippen MR) is 305 cm³/mol. The van der Waals surface area contributed by atoms with Crippen LogP contribution in [0.15, 0.2) is 109 Å². The molecule has 0 bridgehead atoms. The number of nitrogens with one attached hydrogen (secondary N) is 6. The molecule has 6 aromatic rings. The summed E-state index contributed by atoms with van der Waals surface area (Å²) in [4.78, 5) is 0. The predicted octanol–water partition coefficient (Wildman–Crippen LogP) is 12.7. The van der Waals surface area contributed by atoms with Gasteiger partial charge in [0.2, 0.25) is 0 Å². The highest BCUT2D eigenvalue weighted by Crippen LogP contribution is 2.31. The molecule has 0 aliphatic heterocycles. The number of anilines is 4. The summed E-state index contributed by atoms with van der Waals surface area (Å²) in [7, 11) is 0. The first-order chi connectivity index (χ1) is 33.5. The maximum atomic E-state index is 13.8. The Kier molecular flexibility index (Phi) is 23.5. The Labute approximate surface area is 429 Å². The highest BCUT2D eigenvalue weighted by molar-refractivity contribution is 7.81. The molecular weight excluding hydrogens is 942 g/mol. The van der Waals surface area contributed by atoms with Crippen LogP contribution in [0.3, 0.4) is 0 Å². The molecule has 0 radical (unpaired) electrons. The molecule has 11 nitrogen and oxygen atoms in total. The van der Waals surface area contributed by atoms with Crippen molar-refractivity contribution in [2.45, 2.75) is 97.4 Å². The maximum Gasteiger partial charge on any atom is 0.170 e. The molecule has 0 aliphatic carbocycles. The van der Waals surface area contributed by atoms with E-state index in [1.807, 2.05) is 61.5 Å². The van der Waals surface area contributed by atoms with Crippen LogP contribution in [0.5, 0.6) is 11.5 Å². The third-order valence-electron chi connectivity index (χ3n) is 11.2. The normalized spacial score (nSPS) is 10.7. The Morgan fingerprint density at radius 2 is 1.03 bits per heavy atom. The lowest BCUT2D eigenvalue weighted by Crippen LogP contribution is -2.29. The largest absolute Gasteiger partial charge is 0.494 e. The van der Waals surface area contributed by atoms with Crippen molar-refractivity contribution in [3.05, 3.63) is 121 Å². The molecule has 0 saturated heterocycles. The molecule has 16 heteroatoms. The first-order valence-corrected chi connectivity index (χ1v) is 25.6. The number of hydrogen-bond acceptors (Lipinski definition) is 6. The first-order valence-electron chi connectivity index (χ1n) is 23.9. The molecule has 5 aromatic carbocycles. The molecule has 69 heavy (non-hydrogen) atoms. The fraction of sp³-hybridized carbons (Fsp3) is 0.358. The second kappa shape index (κ2) is 29.9. The Hall–Kier alpha value is -5.81. The van der Waals surface area contributed by atoms with E-state index in [1.165, 1.54) is 60.0 Å². The number of nitrogens with two attached hydrogens (primary N) is 2. The number of fused-ring (bicyclic) bond motifs is 3. The number of halogens is 1. The molecule has 368 valence electrons. The minimum atomic E-state index is -0.294. The van der Waals surface area contributed by atoms with Gasteiger partial charge in [0, 0.05) is 70.6 Å². The van der Waals surface area contributed by atoms with Crippen LogP contribution in [0, 0.1) is 12.7 Å². The molecule has 0 saturated carbocycles. The Morgan fingerprint density at radius 1 is 0.522 bits per heavy atom. The van der Waals surface area contributed by atoms with Gasteiger partial charge in [0.05, 0.1) is 18.9 Å². The van der Waals surface area contributed by atoms with E-state index in [0.717, 1.165) is 98.7 Å². The van der Waals surface area contributed by atoms with Gasteiger partial charge in [-0.3, -0.25) is 0 Å². The average molecular weight is 1010 g/mol. The average Bonchev–Trinajstić information content (AvgIpc) is 3.64. The van der Waals surface area contributed by atoms with Crippen LogP contribution in [0.1, 0.15) is 89.5 Å². The number of para-hydroxylation sites is 1. The van der Waals surface area contributed by atoms with Gasteiger partial charge in [0.1, 0.15) is 17.3 Å². The second-order valence-corrected chi connectivity index (χ2v) is 18.4. The van der Waals surface area contributed by atoms with E-state index in [1.54, 1.807) is 6.07 Å². The number of benzene rings is 5. The molecule has 6 rings (SSSR count). The lowest BCUT2D eigenvalue weighted by atomic mass is 10.1. The van der Waals surface area contributed by atoms with Crippen LogP contribution in [0.4, 0.5) is 27.1 Å². The lowest BCUT2D eigenvalue weighted by Gasteiger charge is -2.11. The summed E-state index contributed by atoms with van der Waals surface area (Å²) in [5.41, 5.74) is 17.5. The fourth-order valence-electron chi connectivity index (χ4n) is 7.80. The number of nitrogens with zero attached hydrogens (tertiary/aromatic N) is 1. The minimum absolute atomic E-state index is 0.241. The van der Waals surface area contributed by atoms with Gasteiger partial charge in [-0.1, -0.05) is 87.8 Å². The highest BCUT2D eigenvalue weighted by atomic mass is 32.1. The van der Waals surface area contributed by atoms with Gasteiger partial charge in [-0.05, 0) is 155 Å². The van der Waals surface area contributed by atoms with E-state index in [4.69, 9.17) is 69.8 Å². The quantitative estimate of drug-likeness (QED) is 0.0203. The van der Waals surface area contributed by atoms with E-state index < -0.39 is 0 Å². The molecule has 0 aliphatic rings. The molecule has 0 amide bonds. The molecule has 0 fully saturated rings. The summed E-state index contributed by atoms with van der Waals surface area (Å²) in [6, 6.07) is 35.4. The van der Waals surface area contributed by atoms with Gasteiger partial charge in [-0.2, -0.15) is 0 Å². The molecule has 1 aromatic heterocycles. The van der Waals surface area contributed by atoms with Gasteiger partial charge in [-0.25, -0.2) is 4.39 Å². The van der Waals surface area contributed by atoms with Crippen LogP contribution in [0.25, 0.3) is 21.8 Å². The van der Waals surface area contributed by atoms with Crippen LogP contribution in [-0.4, -0.2) is 51.3 Å². The van der Waals surface area contributed by atoms with Crippen LogP contribution in [0.2, 0.25) is 0 Å². The third-order valence-corrected chi connectivity index (χ3v) is 11.9. The standard InChI is InChI=1S/C30H37N5OS2.C23H31FN4OS2/c1-2-35-27-15-8-7-14-25(27)26-21-23(16-17-28(26)35)34-30(38)32-18-9-5-3-4-6-10-19-36-24-13-11-12-22(20-24)33-29(31)37;1-17-11-12-21(20(24)15-17)28-23(31)26-13-6-4-2-3-5-7-14-29-19-10-8-9-18(16-19)27-22(25)30/h7-8,11-17,20-21H,2-6,9-10,18-19H2,1H3,(H3,31,33,37)(H2,32,34,38);8-12,15-16H,2-7,13-14H2,1H3,(H3,25,27,30)(H2,26,28,31). The monoisotopic (exact) mass is 1010 g/mol. The zero-order valence-corrected chi connectivity index (χ0v) is 43.1. The summed E-state index contributed by atoms with van der Waals surface area (Å²) in [6.07, 6.45) is 13.6. The van der Waals surface area contributed by atoms with Gasteiger partial charge in [-0.15, -0.1) is 0 Å². The third kappa shape index (κ3) is 19.6. The topological polar surface area (TPSA) is 148 Å². The van der Waals surface area contributed by atoms with Gasteiger partial charge in [0.25, 0.3) is 0 Å². The van der Waals surface area contributed by atoms with Crippen LogP contribution in [-0.2, 0) is 6.54 Å². The Balaban J connectivity index is 0.000000263. The number of rotatable bonds is 25. The summed E-state index contributed by atoms with van der Waals surface area (Å²) in [6.45, 7) is 8.04.